The Morgan fingerprint density at radius 3 is 3.05 bits per heavy atom. The van der Waals surface area contributed by atoms with Crippen LogP contribution in [0.5, 0.6) is 0 Å². The van der Waals surface area contributed by atoms with Crippen molar-refractivity contribution in [3.05, 3.63) is 11.6 Å². The maximum Gasteiger partial charge on any atom is 0.240 e. The van der Waals surface area contributed by atoms with Gasteiger partial charge in [0.2, 0.25) is 5.91 Å². The Bertz CT molecular complexity index is 489. The van der Waals surface area contributed by atoms with Crippen molar-refractivity contribution in [1.82, 2.24) is 25.4 Å². The quantitative estimate of drug-likeness (QED) is 0.835. The van der Waals surface area contributed by atoms with Gasteiger partial charge in [0.1, 0.15) is 5.82 Å². The van der Waals surface area contributed by atoms with E-state index in [9.17, 15) is 4.79 Å². The van der Waals surface area contributed by atoms with Crippen LogP contribution in [0.1, 0.15) is 50.8 Å². The number of nitrogens with one attached hydrogen (secondary N) is 2. The van der Waals surface area contributed by atoms with Crippen LogP contribution in [0.3, 0.4) is 0 Å². The van der Waals surface area contributed by atoms with Crippen molar-refractivity contribution < 1.29 is 4.79 Å². The standard InChI is InChI=1S/C13H21N5O/c1-9(11-17-16-10-5-3-8-18(10)11)15-12(19)13(2)6-4-7-14-13/h9,14H,3-8H2,1-2H3,(H,15,19). The lowest BCUT2D eigenvalue weighted by atomic mass is 9.99. The zero-order valence-electron chi connectivity index (χ0n) is 11.6. The molecule has 2 aliphatic rings. The topological polar surface area (TPSA) is 71.8 Å². The third-order valence-corrected chi connectivity index (χ3v) is 4.24. The van der Waals surface area contributed by atoms with Crippen LogP contribution in [0, 0.1) is 0 Å². The fraction of sp³-hybridized carbons (Fsp3) is 0.769. The minimum Gasteiger partial charge on any atom is -0.345 e. The summed E-state index contributed by atoms with van der Waals surface area (Å²) < 4.78 is 2.13. The molecule has 0 bridgehead atoms. The highest BCUT2D eigenvalue weighted by atomic mass is 16.2. The van der Waals surface area contributed by atoms with Crippen LogP contribution in [-0.4, -0.2) is 32.8 Å². The average molecular weight is 263 g/mol. The lowest BCUT2D eigenvalue weighted by Crippen LogP contribution is -2.51. The third kappa shape index (κ3) is 2.14. The number of carbonyl (C=O) groups excluding carboxylic acids is 1. The summed E-state index contributed by atoms with van der Waals surface area (Å²) in [5, 5.41) is 14.8. The Labute approximate surface area is 113 Å². The van der Waals surface area contributed by atoms with E-state index in [4.69, 9.17) is 0 Å². The molecule has 1 saturated heterocycles. The SMILES string of the molecule is CC(NC(=O)C1(C)CCCN1)c1nnc2n1CCC2. The molecular formula is C13H21N5O. The molecule has 6 heteroatoms. The number of rotatable bonds is 3. The summed E-state index contributed by atoms with van der Waals surface area (Å²) in [5.41, 5.74) is -0.428. The van der Waals surface area contributed by atoms with Crippen molar-refractivity contribution >= 4 is 5.91 Å². The van der Waals surface area contributed by atoms with Gasteiger partial charge in [-0.15, -0.1) is 10.2 Å². The third-order valence-electron chi connectivity index (χ3n) is 4.24. The Kier molecular flexibility index (Phi) is 3.05. The van der Waals surface area contributed by atoms with Gasteiger partial charge in [-0.05, 0) is 39.7 Å². The fourth-order valence-corrected chi connectivity index (χ4v) is 3.00. The Balaban J connectivity index is 1.71. The second-order valence-electron chi connectivity index (χ2n) is 5.79. The van der Waals surface area contributed by atoms with Gasteiger partial charge in [-0.1, -0.05) is 0 Å². The van der Waals surface area contributed by atoms with Crippen LogP contribution in [0.25, 0.3) is 0 Å². The molecule has 1 amide bonds. The first-order valence-corrected chi connectivity index (χ1v) is 7.08. The smallest absolute Gasteiger partial charge is 0.240 e. The molecule has 0 spiro atoms. The van der Waals surface area contributed by atoms with Crippen molar-refractivity contribution in [1.29, 1.82) is 0 Å². The molecule has 3 heterocycles. The molecule has 6 nitrogen and oxygen atoms in total. The Morgan fingerprint density at radius 1 is 1.47 bits per heavy atom. The normalized spacial score (nSPS) is 27.3. The maximum absolute atomic E-state index is 12.3. The first-order chi connectivity index (χ1) is 9.10. The van der Waals surface area contributed by atoms with Crippen LogP contribution in [0.15, 0.2) is 0 Å². The number of aromatic nitrogens is 3. The summed E-state index contributed by atoms with van der Waals surface area (Å²) in [6.07, 6.45) is 4.06. The van der Waals surface area contributed by atoms with Gasteiger partial charge in [-0.2, -0.15) is 0 Å². The number of aryl methyl sites for hydroxylation is 1. The van der Waals surface area contributed by atoms with Gasteiger partial charge in [-0.3, -0.25) is 4.79 Å². The summed E-state index contributed by atoms with van der Waals surface area (Å²) in [7, 11) is 0. The summed E-state index contributed by atoms with van der Waals surface area (Å²) in [4.78, 5) is 12.3. The molecular weight excluding hydrogens is 242 g/mol. The molecule has 0 aromatic carbocycles. The fourth-order valence-electron chi connectivity index (χ4n) is 3.00. The summed E-state index contributed by atoms with van der Waals surface area (Å²) in [5.74, 6) is 1.98. The molecule has 0 radical (unpaired) electrons. The first-order valence-electron chi connectivity index (χ1n) is 7.08. The molecule has 19 heavy (non-hydrogen) atoms. The van der Waals surface area contributed by atoms with Crippen molar-refractivity contribution in [2.24, 2.45) is 0 Å². The van der Waals surface area contributed by atoms with E-state index in [1.807, 2.05) is 13.8 Å². The maximum atomic E-state index is 12.3. The highest BCUT2D eigenvalue weighted by Gasteiger charge is 2.37. The van der Waals surface area contributed by atoms with E-state index in [-0.39, 0.29) is 11.9 Å². The van der Waals surface area contributed by atoms with E-state index in [0.29, 0.717) is 0 Å². The first kappa shape index (κ1) is 12.6. The van der Waals surface area contributed by atoms with E-state index >= 15 is 0 Å². The molecule has 2 atom stereocenters. The second-order valence-corrected chi connectivity index (χ2v) is 5.79. The van der Waals surface area contributed by atoms with E-state index < -0.39 is 5.54 Å². The second kappa shape index (κ2) is 4.59. The Morgan fingerprint density at radius 2 is 2.32 bits per heavy atom. The van der Waals surface area contributed by atoms with Crippen molar-refractivity contribution in [2.45, 2.75) is 57.7 Å². The molecule has 0 saturated carbocycles. The van der Waals surface area contributed by atoms with Gasteiger partial charge in [0.25, 0.3) is 0 Å². The van der Waals surface area contributed by atoms with E-state index in [1.54, 1.807) is 0 Å². The summed E-state index contributed by atoms with van der Waals surface area (Å²) >= 11 is 0. The van der Waals surface area contributed by atoms with Crippen LogP contribution >= 0.6 is 0 Å². The van der Waals surface area contributed by atoms with Gasteiger partial charge in [-0.25, -0.2) is 0 Å². The van der Waals surface area contributed by atoms with Gasteiger partial charge in [0, 0.05) is 13.0 Å². The minimum absolute atomic E-state index is 0.0628. The number of nitrogens with zero attached hydrogens (tertiary/aromatic N) is 3. The predicted octanol–water partition coefficient (Wildman–Crippen LogP) is 0.544. The van der Waals surface area contributed by atoms with Crippen LogP contribution in [0.4, 0.5) is 0 Å². The molecule has 104 valence electrons. The predicted molar refractivity (Wildman–Crippen MR) is 70.5 cm³/mol. The van der Waals surface area contributed by atoms with Crippen molar-refractivity contribution in [3.63, 3.8) is 0 Å². The van der Waals surface area contributed by atoms with Gasteiger partial charge in [0.05, 0.1) is 11.6 Å². The highest BCUT2D eigenvalue weighted by Crippen LogP contribution is 2.22. The molecule has 3 rings (SSSR count). The van der Waals surface area contributed by atoms with Crippen molar-refractivity contribution in [2.75, 3.05) is 6.54 Å². The van der Waals surface area contributed by atoms with Crippen LogP contribution in [-0.2, 0) is 17.8 Å². The number of hydrogen-bond donors (Lipinski definition) is 2. The minimum atomic E-state index is -0.428. The molecule has 1 aromatic heterocycles. The van der Waals surface area contributed by atoms with Gasteiger partial charge >= 0.3 is 0 Å². The summed E-state index contributed by atoms with van der Waals surface area (Å²) in [6.45, 7) is 5.83. The number of carbonyl (C=O) groups is 1. The van der Waals surface area contributed by atoms with Crippen LogP contribution < -0.4 is 10.6 Å². The largest absolute Gasteiger partial charge is 0.345 e. The number of fused-ring (bicyclic) bond motifs is 1. The Hall–Kier alpha value is -1.43. The van der Waals surface area contributed by atoms with E-state index in [0.717, 1.165) is 50.4 Å². The molecule has 2 N–H and O–H groups in total. The van der Waals surface area contributed by atoms with Crippen molar-refractivity contribution in [3.8, 4) is 0 Å². The molecule has 2 aliphatic heterocycles. The zero-order chi connectivity index (χ0) is 13.5. The molecule has 1 aromatic rings. The highest BCUT2D eigenvalue weighted by molar-refractivity contribution is 5.86. The van der Waals surface area contributed by atoms with Crippen LogP contribution in [0.2, 0.25) is 0 Å². The average Bonchev–Trinajstić information content (AvgIpc) is 3.03. The van der Waals surface area contributed by atoms with E-state index in [1.165, 1.54) is 0 Å². The molecule has 2 unspecified atom stereocenters. The lowest BCUT2D eigenvalue weighted by molar-refractivity contribution is -0.127. The molecule has 0 aliphatic carbocycles. The number of hydrogen-bond acceptors (Lipinski definition) is 4. The van der Waals surface area contributed by atoms with Gasteiger partial charge < -0.3 is 15.2 Å². The van der Waals surface area contributed by atoms with E-state index in [2.05, 4.69) is 25.4 Å². The monoisotopic (exact) mass is 263 g/mol. The number of amides is 1. The summed E-state index contributed by atoms with van der Waals surface area (Å²) in [6, 6.07) is -0.0916. The lowest BCUT2D eigenvalue weighted by Gasteiger charge is -2.25. The zero-order valence-corrected chi connectivity index (χ0v) is 11.6. The molecule has 1 fully saturated rings. The van der Waals surface area contributed by atoms with Gasteiger partial charge in [0.15, 0.2) is 5.82 Å².